The van der Waals surface area contributed by atoms with Gasteiger partial charge in [0.1, 0.15) is 11.2 Å². The van der Waals surface area contributed by atoms with Crippen LogP contribution in [0.2, 0.25) is 0 Å². The summed E-state index contributed by atoms with van der Waals surface area (Å²) < 4.78 is 15.5. The van der Waals surface area contributed by atoms with Gasteiger partial charge in [-0.15, -0.1) is 0 Å². The molecule has 0 spiro atoms. The standard InChI is InChI=1S/C20H25NO6/c1-19(2,3)27-18(23)21-9-7-20(24,8-10-21)14-5-6-15-13(11-14)12-16(26-15)17(22)25-4/h5-6,11-12,24H,7-10H2,1-4H3. The first kappa shape index (κ1) is 19.2. The van der Waals surface area contributed by atoms with Crippen LogP contribution < -0.4 is 0 Å². The Morgan fingerprint density at radius 1 is 1.19 bits per heavy atom. The summed E-state index contributed by atoms with van der Waals surface area (Å²) in [5, 5.41) is 11.8. The Kier molecular flexibility index (Phi) is 4.90. The topological polar surface area (TPSA) is 89.2 Å². The third-order valence-corrected chi connectivity index (χ3v) is 4.68. The lowest BCUT2D eigenvalue weighted by molar-refractivity contribution is -0.0355. The average molecular weight is 375 g/mol. The van der Waals surface area contributed by atoms with Crippen LogP contribution in [-0.4, -0.2) is 47.9 Å². The number of nitrogens with zero attached hydrogens (tertiary/aromatic N) is 1. The number of hydrogen-bond donors (Lipinski definition) is 1. The first-order valence-corrected chi connectivity index (χ1v) is 8.94. The number of rotatable bonds is 2. The third-order valence-electron chi connectivity index (χ3n) is 4.68. The molecule has 1 N–H and O–H groups in total. The van der Waals surface area contributed by atoms with Gasteiger partial charge in [-0.05, 0) is 57.4 Å². The molecule has 2 aromatic rings. The fourth-order valence-corrected chi connectivity index (χ4v) is 3.21. The van der Waals surface area contributed by atoms with Gasteiger partial charge >= 0.3 is 12.1 Å². The van der Waals surface area contributed by atoms with Gasteiger partial charge in [-0.25, -0.2) is 9.59 Å². The van der Waals surface area contributed by atoms with Crippen molar-refractivity contribution < 1.29 is 28.6 Å². The summed E-state index contributed by atoms with van der Waals surface area (Å²) in [5.74, 6) is -0.423. The molecule has 1 aliphatic rings. The Morgan fingerprint density at radius 3 is 2.44 bits per heavy atom. The second-order valence-corrected chi connectivity index (χ2v) is 7.85. The van der Waals surface area contributed by atoms with Gasteiger partial charge in [-0.3, -0.25) is 0 Å². The number of carbonyl (C=O) groups is 2. The molecule has 27 heavy (non-hydrogen) atoms. The Labute approximate surface area is 157 Å². The monoisotopic (exact) mass is 375 g/mol. The van der Waals surface area contributed by atoms with Crippen LogP contribution in [-0.2, 0) is 15.1 Å². The molecule has 1 saturated heterocycles. The summed E-state index contributed by atoms with van der Waals surface area (Å²) in [7, 11) is 1.29. The molecular formula is C20H25NO6. The molecule has 0 unspecified atom stereocenters. The third kappa shape index (κ3) is 4.08. The van der Waals surface area contributed by atoms with E-state index in [0.29, 0.717) is 31.5 Å². The van der Waals surface area contributed by atoms with E-state index in [2.05, 4.69) is 4.74 Å². The Balaban J connectivity index is 1.75. The maximum atomic E-state index is 12.2. The van der Waals surface area contributed by atoms with Gasteiger partial charge in [0.15, 0.2) is 0 Å². The van der Waals surface area contributed by atoms with Gasteiger partial charge in [-0.2, -0.15) is 0 Å². The quantitative estimate of drug-likeness (QED) is 0.809. The van der Waals surface area contributed by atoms with Crippen LogP contribution in [0.5, 0.6) is 0 Å². The van der Waals surface area contributed by atoms with E-state index in [9.17, 15) is 14.7 Å². The fraction of sp³-hybridized carbons (Fsp3) is 0.500. The molecule has 1 aromatic carbocycles. The summed E-state index contributed by atoms with van der Waals surface area (Å²) >= 11 is 0. The van der Waals surface area contributed by atoms with Gasteiger partial charge in [-0.1, -0.05) is 6.07 Å². The summed E-state index contributed by atoms with van der Waals surface area (Å²) in [5.41, 5.74) is -0.311. The van der Waals surface area contributed by atoms with Crippen LogP contribution in [0.1, 0.15) is 49.7 Å². The highest BCUT2D eigenvalue weighted by molar-refractivity contribution is 5.92. The molecule has 1 fully saturated rings. The average Bonchev–Trinajstić information content (AvgIpc) is 3.03. The van der Waals surface area contributed by atoms with E-state index in [-0.39, 0.29) is 11.9 Å². The fourth-order valence-electron chi connectivity index (χ4n) is 3.21. The Bertz CT molecular complexity index is 855. The Morgan fingerprint density at radius 2 is 1.85 bits per heavy atom. The smallest absolute Gasteiger partial charge is 0.410 e. The molecule has 0 aliphatic carbocycles. The summed E-state index contributed by atoms with van der Waals surface area (Å²) in [4.78, 5) is 25.4. The Hall–Kier alpha value is -2.54. The zero-order valence-electron chi connectivity index (χ0n) is 16.1. The van der Waals surface area contributed by atoms with E-state index < -0.39 is 17.2 Å². The number of esters is 1. The number of hydrogen-bond acceptors (Lipinski definition) is 6. The highest BCUT2D eigenvalue weighted by Crippen LogP contribution is 2.35. The van der Waals surface area contributed by atoms with Gasteiger partial charge in [0.2, 0.25) is 5.76 Å². The van der Waals surface area contributed by atoms with Gasteiger partial charge in [0.05, 0.1) is 12.7 Å². The number of fused-ring (bicyclic) bond motifs is 1. The van der Waals surface area contributed by atoms with Crippen LogP contribution >= 0.6 is 0 Å². The van der Waals surface area contributed by atoms with Crippen LogP contribution in [0, 0.1) is 0 Å². The highest BCUT2D eigenvalue weighted by Gasteiger charge is 2.37. The van der Waals surface area contributed by atoms with E-state index in [4.69, 9.17) is 9.15 Å². The molecular weight excluding hydrogens is 350 g/mol. The molecule has 1 aromatic heterocycles. The van der Waals surface area contributed by atoms with E-state index in [0.717, 1.165) is 10.9 Å². The minimum Gasteiger partial charge on any atom is -0.463 e. The molecule has 1 amide bonds. The zero-order chi connectivity index (χ0) is 19.8. The summed E-state index contributed by atoms with van der Waals surface area (Å²) in [6.07, 6.45) is 0.441. The molecule has 2 heterocycles. The van der Waals surface area contributed by atoms with Crippen molar-refractivity contribution in [3.8, 4) is 0 Å². The second kappa shape index (κ2) is 6.88. The predicted octanol–water partition coefficient (Wildman–Crippen LogP) is 3.44. The van der Waals surface area contributed by atoms with Crippen molar-refractivity contribution in [2.24, 2.45) is 0 Å². The number of furan rings is 1. The number of ether oxygens (including phenoxy) is 2. The zero-order valence-corrected chi connectivity index (χ0v) is 16.1. The van der Waals surface area contributed by atoms with Gasteiger partial charge in [0.25, 0.3) is 0 Å². The summed E-state index contributed by atoms with van der Waals surface area (Å²) in [6.45, 7) is 6.29. The number of amides is 1. The minimum absolute atomic E-state index is 0.122. The van der Waals surface area contributed by atoms with Gasteiger partial charge < -0.3 is 23.9 Å². The lowest BCUT2D eigenvalue weighted by atomic mass is 9.84. The van der Waals surface area contributed by atoms with Crippen molar-refractivity contribution >= 4 is 23.0 Å². The molecule has 1 aliphatic heterocycles. The lowest BCUT2D eigenvalue weighted by Crippen LogP contribution is -2.46. The predicted molar refractivity (Wildman–Crippen MR) is 98.5 cm³/mol. The van der Waals surface area contributed by atoms with Crippen molar-refractivity contribution in [2.75, 3.05) is 20.2 Å². The number of methoxy groups -OCH3 is 1. The van der Waals surface area contributed by atoms with Crippen LogP contribution in [0.4, 0.5) is 4.79 Å². The molecule has 0 radical (unpaired) electrons. The normalized spacial score (nSPS) is 17.0. The van der Waals surface area contributed by atoms with Crippen molar-refractivity contribution in [3.05, 3.63) is 35.6 Å². The van der Waals surface area contributed by atoms with E-state index in [1.54, 1.807) is 23.1 Å². The molecule has 0 atom stereocenters. The number of carbonyl (C=O) groups excluding carboxylic acids is 2. The van der Waals surface area contributed by atoms with E-state index in [1.165, 1.54) is 7.11 Å². The van der Waals surface area contributed by atoms with Crippen molar-refractivity contribution in [3.63, 3.8) is 0 Å². The van der Waals surface area contributed by atoms with Crippen LogP contribution in [0.25, 0.3) is 11.0 Å². The van der Waals surface area contributed by atoms with Crippen molar-refractivity contribution in [1.82, 2.24) is 4.90 Å². The first-order chi connectivity index (χ1) is 12.6. The maximum Gasteiger partial charge on any atom is 0.410 e. The SMILES string of the molecule is COC(=O)c1cc2cc(C3(O)CCN(C(=O)OC(C)(C)C)CC3)ccc2o1. The van der Waals surface area contributed by atoms with Crippen LogP contribution in [0.15, 0.2) is 28.7 Å². The molecule has 0 bridgehead atoms. The van der Waals surface area contributed by atoms with Gasteiger partial charge in [0, 0.05) is 18.5 Å². The molecule has 7 heteroatoms. The van der Waals surface area contributed by atoms with E-state index >= 15 is 0 Å². The maximum absolute atomic E-state index is 12.2. The summed E-state index contributed by atoms with van der Waals surface area (Å²) in [6, 6.07) is 6.93. The van der Waals surface area contributed by atoms with Crippen LogP contribution in [0.3, 0.4) is 0 Å². The van der Waals surface area contributed by atoms with Crippen molar-refractivity contribution in [2.45, 2.75) is 44.8 Å². The molecule has 146 valence electrons. The molecule has 7 nitrogen and oxygen atoms in total. The lowest BCUT2D eigenvalue weighted by Gasteiger charge is -2.38. The number of aliphatic hydroxyl groups is 1. The molecule has 0 saturated carbocycles. The number of likely N-dealkylation sites (tertiary alicyclic amines) is 1. The first-order valence-electron chi connectivity index (χ1n) is 8.94. The number of piperidine rings is 1. The minimum atomic E-state index is -1.05. The highest BCUT2D eigenvalue weighted by atomic mass is 16.6. The van der Waals surface area contributed by atoms with Crippen molar-refractivity contribution in [1.29, 1.82) is 0 Å². The largest absolute Gasteiger partial charge is 0.463 e. The van der Waals surface area contributed by atoms with E-state index in [1.807, 2.05) is 26.8 Å². The molecule has 3 rings (SSSR count). The second-order valence-electron chi connectivity index (χ2n) is 7.85. The number of benzene rings is 1.